The fourth-order valence-electron chi connectivity index (χ4n) is 3.98. The van der Waals surface area contributed by atoms with Crippen LogP contribution in [0.4, 0.5) is 5.69 Å². The van der Waals surface area contributed by atoms with E-state index in [1.807, 2.05) is 79.7 Å². The van der Waals surface area contributed by atoms with Crippen LogP contribution in [0.25, 0.3) is 27.8 Å². The predicted octanol–water partition coefficient (Wildman–Crippen LogP) is 5.73. The molecular formula is C27H23N3O3S. The van der Waals surface area contributed by atoms with E-state index in [1.165, 1.54) is 16.3 Å². The summed E-state index contributed by atoms with van der Waals surface area (Å²) in [5, 5.41) is 4.19. The average molecular weight is 470 g/mol. The monoisotopic (exact) mass is 469 g/mol. The second-order valence-corrected chi connectivity index (χ2v) is 8.94. The second kappa shape index (κ2) is 9.19. The zero-order valence-electron chi connectivity index (χ0n) is 18.9. The highest BCUT2D eigenvalue weighted by Gasteiger charge is 2.20. The van der Waals surface area contributed by atoms with E-state index >= 15 is 0 Å². The Morgan fingerprint density at radius 3 is 2.68 bits per heavy atom. The van der Waals surface area contributed by atoms with Crippen molar-refractivity contribution in [2.45, 2.75) is 25.4 Å². The van der Waals surface area contributed by atoms with E-state index in [1.54, 1.807) is 0 Å². The zero-order valence-corrected chi connectivity index (χ0v) is 19.7. The van der Waals surface area contributed by atoms with Crippen LogP contribution < -0.4 is 10.9 Å². The summed E-state index contributed by atoms with van der Waals surface area (Å²) in [6, 6.07) is 22.8. The van der Waals surface area contributed by atoms with Crippen LogP contribution in [0.5, 0.6) is 0 Å². The second-order valence-electron chi connectivity index (χ2n) is 8.00. The number of benzene rings is 3. The number of furan rings is 1. The number of hydrogen-bond donors (Lipinski definition) is 1. The lowest BCUT2D eigenvalue weighted by Crippen LogP contribution is -2.22. The van der Waals surface area contributed by atoms with Crippen LogP contribution in [0.1, 0.15) is 18.1 Å². The van der Waals surface area contributed by atoms with Crippen LogP contribution in [0.2, 0.25) is 0 Å². The third-order valence-electron chi connectivity index (χ3n) is 5.63. The van der Waals surface area contributed by atoms with Crippen LogP contribution in [-0.4, -0.2) is 21.2 Å². The molecule has 2 heterocycles. The van der Waals surface area contributed by atoms with Gasteiger partial charge < -0.3 is 9.73 Å². The van der Waals surface area contributed by atoms with Crippen molar-refractivity contribution in [3.63, 3.8) is 0 Å². The number of amides is 1. The van der Waals surface area contributed by atoms with Gasteiger partial charge in [0.15, 0.2) is 5.16 Å². The van der Waals surface area contributed by atoms with E-state index < -0.39 is 0 Å². The molecular weight excluding hydrogens is 446 g/mol. The van der Waals surface area contributed by atoms with Gasteiger partial charge in [-0.25, -0.2) is 4.98 Å². The summed E-state index contributed by atoms with van der Waals surface area (Å²) in [7, 11) is 0. The Morgan fingerprint density at radius 1 is 1.06 bits per heavy atom. The van der Waals surface area contributed by atoms with E-state index in [-0.39, 0.29) is 22.8 Å². The quantitative estimate of drug-likeness (QED) is 0.254. The first-order chi connectivity index (χ1) is 16.5. The van der Waals surface area contributed by atoms with Crippen LogP contribution in [-0.2, 0) is 11.2 Å². The first-order valence-electron chi connectivity index (χ1n) is 11.1. The average Bonchev–Trinajstić information content (AvgIpc) is 3.22. The molecule has 0 spiro atoms. The van der Waals surface area contributed by atoms with E-state index in [2.05, 4.69) is 12.2 Å². The summed E-state index contributed by atoms with van der Waals surface area (Å²) >= 11 is 1.23. The number of carbonyl (C=O) groups excluding carboxylic acids is 1. The molecule has 0 aliphatic heterocycles. The number of thioether (sulfide) groups is 1. The van der Waals surface area contributed by atoms with Crippen LogP contribution >= 0.6 is 11.8 Å². The molecule has 5 aromatic rings. The normalized spacial score (nSPS) is 11.2. The van der Waals surface area contributed by atoms with E-state index in [0.29, 0.717) is 21.9 Å². The molecule has 5 rings (SSSR count). The first-order valence-corrected chi connectivity index (χ1v) is 12.1. The minimum Gasteiger partial charge on any atom is -0.448 e. The number of carbonyl (C=O) groups is 1. The summed E-state index contributed by atoms with van der Waals surface area (Å²) < 4.78 is 7.40. The molecule has 0 unspecified atom stereocenters. The van der Waals surface area contributed by atoms with Crippen molar-refractivity contribution in [3.05, 3.63) is 94.3 Å². The first kappa shape index (κ1) is 22.0. The third-order valence-corrected chi connectivity index (χ3v) is 6.57. The van der Waals surface area contributed by atoms with Gasteiger partial charge in [0, 0.05) is 11.1 Å². The number of nitrogens with zero attached hydrogens (tertiary/aromatic N) is 2. The maximum Gasteiger partial charge on any atom is 0.302 e. The highest BCUT2D eigenvalue weighted by Crippen LogP contribution is 2.29. The summed E-state index contributed by atoms with van der Waals surface area (Å²) in [6.07, 6.45) is 0.822. The molecule has 170 valence electrons. The van der Waals surface area contributed by atoms with Gasteiger partial charge in [-0.3, -0.25) is 14.2 Å². The standard InChI is InChI=1S/C27H23N3O3S/c1-3-18-10-4-6-13-21(18)28-23(31)16-34-27-29-24-20-12-5-7-14-22(20)33-25(24)26(32)30(27)19-11-8-9-17(2)15-19/h4-15H,3,16H2,1-2H3,(H,28,31). The van der Waals surface area contributed by atoms with Crippen molar-refractivity contribution in [2.24, 2.45) is 0 Å². The van der Waals surface area contributed by atoms with Gasteiger partial charge in [0.25, 0.3) is 0 Å². The Kier molecular flexibility index (Phi) is 5.94. The molecule has 0 radical (unpaired) electrons. The maximum absolute atomic E-state index is 13.6. The Labute approximate surface area is 200 Å². The SMILES string of the molecule is CCc1ccccc1NC(=O)CSc1nc2c(oc3ccccc32)c(=O)n1-c1cccc(C)c1. The number of aromatic nitrogens is 2. The highest BCUT2D eigenvalue weighted by atomic mass is 32.2. The van der Waals surface area contributed by atoms with E-state index in [9.17, 15) is 9.59 Å². The van der Waals surface area contributed by atoms with Gasteiger partial charge in [0.2, 0.25) is 11.5 Å². The van der Waals surface area contributed by atoms with E-state index in [0.717, 1.165) is 28.6 Å². The molecule has 0 aliphatic carbocycles. The van der Waals surface area contributed by atoms with Crippen molar-refractivity contribution in [1.29, 1.82) is 0 Å². The molecule has 0 saturated heterocycles. The van der Waals surface area contributed by atoms with Crippen LogP contribution in [0.15, 0.2) is 87.2 Å². The van der Waals surface area contributed by atoms with Crippen LogP contribution in [0.3, 0.4) is 0 Å². The van der Waals surface area contributed by atoms with Crippen molar-refractivity contribution < 1.29 is 9.21 Å². The summed E-state index contributed by atoms with van der Waals surface area (Å²) in [4.78, 5) is 31.2. The number of hydrogen-bond acceptors (Lipinski definition) is 5. The van der Waals surface area contributed by atoms with Gasteiger partial charge in [-0.05, 0) is 54.8 Å². The van der Waals surface area contributed by atoms with Crippen molar-refractivity contribution >= 4 is 45.4 Å². The lowest BCUT2D eigenvalue weighted by molar-refractivity contribution is -0.113. The maximum atomic E-state index is 13.6. The molecule has 2 aromatic heterocycles. The van der Waals surface area contributed by atoms with Crippen molar-refractivity contribution in [1.82, 2.24) is 9.55 Å². The summed E-state index contributed by atoms with van der Waals surface area (Å²) in [5.41, 5.74) is 4.58. The Hall–Kier alpha value is -3.84. The van der Waals surface area contributed by atoms with Gasteiger partial charge in [-0.2, -0.15) is 0 Å². The lowest BCUT2D eigenvalue weighted by atomic mass is 10.1. The molecule has 0 bridgehead atoms. The van der Waals surface area contributed by atoms with Gasteiger partial charge >= 0.3 is 5.56 Å². The molecule has 0 fully saturated rings. The number of nitrogens with one attached hydrogen (secondary N) is 1. The fraction of sp³-hybridized carbons (Fsp3) is 0.148. The molecule has 3 aromatic carbocycles. The number of para-hydroxylation sites is 2. The van der Waals surface area contributed by atoms with Gasteiger partial charge in [-0.15, -0.1) is 0 Å². The third kappa shape index (κ3) is 4.10. The molecule has 7 heteroatoms. The van der Waals surface area contributed by atoms with Gasteiger partial charge in [-0.1, -0.05) is 61.2 Å². The molecule has 34 heavy (non-hydrogen) atoms. The van der Waals surface area contributed by atoms with Gasteiger partial charge in [0.05, 0.1) is 11.4 Å². The Morgan fingerprint density at radius 2 is 1.85 bits per heavy atom. The Balaban J connectivity index is 1.56. The topological polar surface area (TPSA) is 77.1 Å². The summed E-state index contributed by atoms with van der Waals surface area (Å²) in [6.45, 7) is 4.02. The summed E-state index contributed by atoms with van der Waals surface area (Å²) in [5.74, 6) is -0.0505. The molecule has 0 saturated carbocycles. The lowest BCUT2D eigenvalue weighted by Gasteiger charge is -2.13. The number of anilines is 1. The van der Waals surface area contributed by atoms with Crippen molar-refractivity contribution in [2.75, 3.05) is 11.1 Å². The molecule has 1 N–H and O–H groups in total. The predicted molar refractivity (Wildman–Crippen MR) is 137 cm³/mol. The highest BCUT2D eigenvalue weighted by molar-refractivity contribution is 7.99. The Bertz CT molecular complexity index is 1590. The molecule has 0 atom stereocenters. The van der Waals surface area contributed by atoms with Gasteiger partial charge in [0.1, 0.15) is 11.1 Å². The fourth-order valence-corrected chi connectivity index (χ4v) is 4.79. The minimum atomic E-state index is -0.300. The minimum absolute atomic E-state index is 0.109. The van der Waals surface area contributed by atoms with Crippen molar-refractivity contribution in [3.8, 4) is 5.69 Å². The number of fused-ring (bicyclic) bond motifs is 3. The smallest absolute Gasteiger partial charge is 0.302 e. The molecule has 0 aliphatic rings. The molecule has 1 amide bonds. The largest absolute Gasteiger partial charge is 0.448 e. The zero-order chi connectivity index (χ0) is 23.7. The van der Waals surface area contributed by atoms with Crippen LogP contribution in [0, 0.1) is 6.92 Å². The van der Waals surface area contributed by atoms with E-state index in [4.69, 9.17) is 9.40 Å². The molecule has 6 nitrogen and oxygen atoms in total. The number of rotatable bonds is 6. The number of aryl methyl sites for hydroxylation is 2.